The van der Waals surface area contributed by atoms with Crippen LogP contribution in [0.2, 0.25) is 0 Å². The molecule has 1 aliphatic rings. The van der Waals surface area contributed by atoms with Crippen LogP contribution >= 0.6 is 22.6 Å². The number of nitrogens with one attached hydrogen (secondary N) is 2. The number of amides is 1. The first-order valence-electron chi connectivity index (χ1n) is 8.81. The lowest BCUT2D eigenvalue weighted by Crippen LogP contribution is -2.43. The Hall–Kier alpha value is -0.860. The van der Waals surface area contributed by atoms with Crippen LogP contribution in [0.5, 0.6) is 0 Å². The molecule has 0 bridgehead atoms. The molecule has 0 aromatic heterocycles. The molecule has 1 heterocycles. The molecule has 0 atom stereocenters. The lowest BCUT2D eigenvalue weighted by atomic mass is 9.96. The van der Waals surface area contributed by atoms with Crippen molar-refractivity contribution in [3.05, 3.63) is 25.8 Å². The number of benzene rings is 1. The Morgan fingerprint density at radius 2 is 1.76 bits per heavy atom. The Morgan fingerprint density at radius 3 is 2.32 bits per heavy atom. The molecule has 1 fully saturated rings. The number of nitrogens with zero attached hydrogens (tertiary/aromatic N) is 1. The third-order valence-electron chi connectivity index (χ3n) is 4.53. The highest BCUT2D eigenvalue weighted by molar-refractivity contribution is 14.1. The van der Waals surface area contributed by atoms with E-state index in [2.05, 4.69) is 58.9 Å². The Kier molecular flexibility index (Phi) is 6.73. The normalized spacial score (nSPS) is 16.0. The van der Waals surface area contributed by atoms with Crippen molar-refractivity contribution in [2.75, 3.05) is 31.5 Å². The lowest BCUT2D eigenvalue weighted by Gasteiger charge is -2.30. The summed E-state index contributed by atoms with van der Waals surface area (Å²) in [5, 5.41) is 6.38. The van der Waals surface area contributed by atoms with Crippen LogP contribution in [0.1, 0.15) is 43.0 Å². The molecule has 140 valence electrons. The van der Waals surface area contributed by atoms with E-state index in [0.717, 1.165) is 49.5 Å². The first-order chi connectivity index (χ1) is 11.6. The minimum atomic E-state index is -0.507. The third kappa shape index (κ3) is 5.31. The Bertz CT molecular complexity index is 647. The Morgan fingerprint density at radius 1 is 1.16 bits per heavy atom. The minimum absolute atomic E-state index is 0.397. The number of rotatable bonds is 3. The third-order valence-corrected chi connectivity index (χ3v) is 6.15. The molecular weight excluding hydrogens is 429 g/mol. The summed E-state index contributed by atoms with van der Waals surface area (Å²) < 4.78 is 6.65. The quantitative estimate of drug-likeness (QED) is 0.672. The highest BCUT2D eigenvalue weighted by Crippen LogP contribution is 2.33. The van der Waals surface area contributed by atoms with E-state index in [-0.39, 0.29) is 0 Å². The molecule has 5 nitrogen and oxygen atoms in total. The van der Waals surface area contributed by atoms with Gasteiger partial charge in [0.25, 0.3) is 0 Å². The number of hydrogen-bond acceptors (Lipinski definition) is 4. The molecule has 0 radical (unpaired) electrons. The van der Waals surface area contributed by atoms with Crippen LogP contribution < -0.4 is 10.6 Å². The highest BCUT2D eigenvalue weighted by Gasteiger charge is 2.22. The molecule has 1 aromatic carbocycles. The monoisotopic (exact) mass is 459 g/mol. The van der Waals surface area contributed by atoms with Crippen LogP contribution in [0.25, 0.3) is 0 Å². The zero-order valence-corrected chi connectivity index (χ0v) is 18.3. The predicted molar refractivity (Wildman–Crippen MR) is 111 cm³/mol. The molecule has 1 saturated heterocycles. The van der Waals surface area contributed by atoms with Crippen molar-refractivity contribution in [1.29, 1.82) is 0 Å². The number of anilines is 1. The first kappa shape index (κ1) is 20.5. The maximum atomic E-state index is 12.3. The van der Waals surface area contributed by atoms with Gasteiger partial charge in [0.05, 0.1) is 5.69 Å². The van der Waals surface area contributed by atoms with Crippen LogP contribution in [0.4, 0.5) is 10.5 Å². The van der Waals surface area contributed by atoms with Gasteiger partial charge in [-0.25, -0.2) is 4.79 Å². The molecule has 0 unspecified atom stereocenters. The van der Waals surface area contributed by atoms with Crippen molar-refractivity contribution in [2.24, 2.45) is 0 Å². The summed E-state index contributed by atoms with van der Waals surface area (Å²) in [5.41, 5.74) is 5.24. The summed E-state index contributed by atoms with van der Waals surface area (Å²) in [7, 11) is 0. The Labute approximate surface area is 165 Å². The van der Waals surface area contributed by atoms with Gasteiger partial charge in [-0.2, -0.15) is 0 Å². The molecule has 0 aliphatic carbocycles. The summed E-state index contributed by atoms with van der Waals surface area (Å²) in [4.78, 5) is 14.7. The van der Waals surface area contributed by atoms with E-state index in [9.17, 15) is 4.79 Å². The second kappa shape index (κ2) is 8.22. The van der Waals surface area contributed by atoms with E-state index in [1.54, 1.807) is 0 Å². The average molecular weight is 459 g/mol. The maximum absolute atomic E-state index is 12.3. The zero-order chi connectivity index (χ0) is 18.8. The highest BCUT2D eigenvalue weighted by atomic mass is 127. The molecular formula is C19H30IN3O2. The first-order valence-corrected chi connectivity index (χ1v) is 9.89. The van der Waals surface area contributed by atoms with Gasteiger partial charge in [-0.3, -0.25) is 10.2 Å². The van der Waals surface area contributed by atoms with E-state index in [1.807, 2.05) is 20.8 Å². The van der Waals surface area contributed by atoms with Crippen molar-refractivity contribution < 1.29 is 9.53 Å². The topological polar surface area (TPSA) is 53.6 Å². The van der Waals surface area contributed by atoms with E-state index >= 15 is 0 Å². The molecule has 1 aromatic rings. The average Bonchev–Trinajstić information content (AvgIpc) is 2.53. The van der Waals surface area contributed by atoms with Gasteiger partial charge < -0.3 is 10.1 Å². The van der Waals surface area contributed by atoms with Crippen molar-refractivity contribution >= 4 is 34.4 Å². The summed E-state index contributed by atoms with van der Waals surface area (Å²) in [6.45, 7) is 17.0. The number of carbonyl (C=O) groups is 1. The molecule has 1 amide bonds. The van der Waals surface area contributed by atoms with Gasteiger partial charge in [0.1, 0.15) is 5.60 Å². The smallest absolute Gasteiger partial charge is 0.412 e. The SMILES string of the molecule is Cc1c(I)c(C)c(NC(=O)OC(C)(C)C)c(C)c1CN1CCNCC1. The van der Waals surface area contributed by atoms with E-state index < -0.39 is 11.7 Å². The van der Waals surface area contributed by atoms with Crippen LogP contribution in [-0.4, -0.2) is 42.8 Å². The molecule has 6 heteroatoms. The molecule has 0 saturated carbocycles. The van der Waals surface area contributed by atoms with E-state index in [0.29, 0.717) is 0 Å². The minimum Gasteiger partial charge on any atom is -0.444 e. The number of ether oxygens (including phenoxy) is 1. The number of carbonyl (C=O) groups excluding carboxylic acids is 1. The summed E-state index contributed by atoms with van der Waals surface area (Å²) in [6.07, 6.45) is -0.397. The molecule has 25 heavy (non-hydrogen) atoms. The molecule has 1 aliphatic heterocycles. The summed E-state index contributed by atoms with van der Waals surface area (Å²) in [6, 6.07) is 0. The van der Waals surface area contributed by atoms with Gasteiger partial charge >= 0.3 is 6.09 Å². The lowest BCUT2D eigenvalue weighted by molar-refractivity contribution is 0.0635. The van der Waals surface area contributed by atoms with Crippen LogP contribution in [0.15, 0.2) is 0 Å². The maximum Gasteiger partial charge on any atom is 0.412 e. The molecule has 2 rings (SSSR count). The molecule has 2 N–H and O–H groups in total. The predicted octanol–water partition coefficient (Wildman–Crippen LogP) is 3.97. The van der Waals surface area contributed by atoms with Crippen molar-refractivity contribution in [3.63, 3.8) is 0 Å². The van der Waals surface area contributed by atoms with Crippen molar-refractivity contribution in [2.45, 2.75) is 53.7 Å². The Balaban J connectivity index is 2.31. The van der Waals surface area contributed by atoms with Gasteiger partial charge in [0.2, 0.25) is 0 Å². The van der Waals surface area contributed by atoms with Crippen molar-refractivity contribution in [3.8, 4) is 0 Å². The van der Waals surface area contributed by atoms with Crippen LogP contribution in [0, 0.1) is 24.3 Å². The fourth-order valence-electron chi connectivity index (χ4n) is 3.16. The standard InChI is InChI=1S/C19H30IN3O2/c1-12-15(11-23-9-7-21-8-10-23)13(2)17(14(3)16(12)20)22-18(24)25-19(4,5)6/h21H,7-11H2,1-6H3,(H,22,24). The number of hydrogen-bond donors (Lipinski definition) is 2. The van der Waals surface area contributed by atoms with E-state index in [1.165, 1.54) is 14.7 Å². The van der Waals surface area contributed by atoms with Gasteiger partial charge in [0, 0.05) is 36.3 Å². The van der Waals surface area contributed by atoms with Crippen LogP contribution in [-0.2, 0) is 11.3 Å². The van der Waals surface area contributed by atoms with Gasteiger partial charge in [-0.1, -0.05) is 0 Å². The fraction of sp³-hybridized carbons (Fsp3) is 0.632. The fourth-order valence-corrected chi connectivity index (χ4v) is 3.76. The van der Waals surface area contributed by atoms with Crippen molar-refractivity contribution in [1.82, 2.24) is 10.2 Å². The molecule has 0 spiro atoms. The van der Waals surface area contributed by atoms with Gasteiger partial charge in [0.15, 0.2) is 0 Å². The summed E-state index contributed by atoms with van der Waals surface area (Å²) >= 11 is 2.38. The number of piperazine rings is 1. The second-order valence-electron chi connectivity index (χ2n) is 7.70. The number of halogens is 1. The van der Waals surface area contributed by atoms with E-state index in [4.69, 9.17) is 4.74 Å². The summed E-state index contributed by atoms with van der Waals surface area (Å²) in [5.74, 6) is 0. The zero-order valence-electron chi connectivity index (χ0n) is 16.2. The van der Waals surface area contributed by atoms with Crippen LogP contribution in [0.3, 0.4) is 0 Å². The van der Waals surface area contributed by atoms with Gasteiger partial charge in [-0.15, -0.1) is 0 Å². The van der Waals surface area contributed by atoms with Gasteiger partial charge in [-0.05, 0) is 86.4 Å². The second-order valence-corrected chi connectivity index (χ2v) is 8.77. The largest absolute Gasteiger partial charge is 0.444 e.